The first-order valence-corrected chi connectivity index (χ1v) is 14.5. The monoisotopic (exact) mass is 555 g/mol. The molecule has 39 heavy (non-hydrogen) atoms. The number of para-hydroxylation sites is 2. The van der Waals surface area contributed by atoms with Crippen LogP contribution >= 0.6 is 11.3 Å². The van der Waals surface area contributed by atoms with Crippen LogP contribution < -0.4 is 14.4 Å². The van der Waals surface area contributed by atoms with E-state index in [0.29, 0.717) is 22.1 Å². The van der Waals surface area contributed by atoms with Gasteiger partial charge < -0.3 is 4.74 Å². The number of ether oxygens (including phenoxy) is 1. The minimum absolute atomic E-state index is 0.112. The van der Waals surface area contributed by atoms with E-state index < -0.39 is 10.0 Å². The van der Waals surface area contributed by atoms with E-state index in [9.17, 15) is 13.2 Å². The summed E-state index contributed by atoms with van der Waals surface area (Å²) >= 11 is 1.31. The summed E-state index contributed by atoms with van der Waals surface area (Å²) in [7, 11) is -3.77. The first-order chi connectivity index (χ1) is 18.9. The predicted molar refractivity (Wildman–Crippen MR) is 155 cm³/mol. The molecule has 0 unspecified atom stereocenters. The largest absolute Gasteiger partial charge is 0.457 e. The molecule has 0 saturated heterocycles. The van der Waals surface area contributed by atoms with Crippen LogP contribution in [-0.2, 0) is 10.0 Å². The number of nitrogens with zero attached hydrogens (tertiary/aromatic N) is 2. The highest BCUT2D eigenvalue weighted by atomic mass is 32.2. The summed E-state index contributed by atoms with van der Waals surface area (Å²) in [5.74, 6) is 1.10. The number of amides is 1. The van der Waals surface area contributed by atoms with Crippen molar-refractivity contribution in [3.05, 3.63) is 120 Å². The standard InChI is InChI=1S/C30H25N3O4S2/c1-2-33(24-9-5-3-6-10-24)39(35,36)27-19-15-23(16-20-27)29(34)32-30-31-28(21-38-30)22-13-17-26(18-14-22)37-25-11-7-4-8-12-25/h3-21H,2H2,1H3,(H,31,32,34). The number of carbonyl (C=O) groups excluding carboxylic acids is 1. The van der Waals surface area contributed by atoms with Crippen LogP contribution in [0.1, 0.15) is 17.3 Å². The summed E-state index contributed by atoms with van der Waals surface area (Å²) < 4.78 is 33.6. The van der Waals surface area contributed by atoms with Crippen molar-refractivity contribution in [2.75, 3.05) is 16.2 Å². The van der Waals surface area contributed by atoms with Crippen LogP contribution in [0.4, 0.5) is 10.8 Å². The molecule has 7 nitrogen and oxygen atoms in total. The molecule has 1 aromatic heterocycles. The summed E-state index contributed by atoms with van der Waals surface area (Å²) in [6.45, 7) is 2.06. The van der Waals surface area contributed by atoms with Gasteiger partial charge in [-0.15, -0.1) is 11.3 Å². The fraction of sp³-hybridized carbons (Fsp3) is 0.0667. The van der Waals surface area contributed by atoms with Crippen molar-refractivity contribution >= 4 is 38.1 Å². The average molecular weight is 556 g/mol. The molecule has 0 bridgehead atoms. The number of hydrogen-bond donors (Lipinski definition) is 1. The molecule has 0 radical (unpaired) electrons. The number of hydrogen-bond acceptors (Lipinski definition) is 6. The highest BCUT2D eigenvalue weighted by Gasteiger charge is 2.23. The fourth-order valence-corrected chi connectivity index (χ4v) is 6.13. The second-order valence-corrected chi connectivity index (χ2v) is 11.2. The predicted octanol–water partition coefficient (Wildman–Crippen LogP) is 7.07. The van der Waals surface area contributed by atoms with Gasteiger partial charge in [0.1, 0.15) is 11.5 Å². The topological polar surface area (TPSA) is 88.6 Å². The number of rotatable bonds is 9. The lowest BCUT2D eigenvalue weighted by Gasteiger charge is -2.22. The maximum atomic E-state index is 13.2. The molecular formula is C30H25N3O4S2. The average Bonchev–Trinajstić information content (AvgIpc) is 3.43. The molecule has 0 aliphatic heterocycles. The van der Waals surface area contributed by atoms with Gasteiger partial charge in [0.25, 0.3) is 15.9 Å². The van der Waals surface area contributed by atoms with Crippen molar-refractivity contribution in [3.63, 3.8) is 0 Å². The molecule has 5 aromatic rings. The van der Waals surface area contributed by atoms with Crippen LogP contribution in [0.15, 0.2) is 119 Å². The van der Waals surface area contributed by atoms with Gasteiger partial charge in [-0.25, -0.2) is 13.4 Å². The molecule has 4 aromatic carbocycles. The smallest absolute Gasteiger partial charge is 0.264 e. The fourth-order valence-electron chi connectivity index (χ4n) is 3.94. The maximum Gasteiger partial charge on any atom is 0.264 e. The third-order valence-electron chi connectivity index (χ3n) is 5.89. The second-order valence-electron chi connectivity index (χ2n) is 8.46. The third kappa shape index (κ3) is 6.00. The van der Waals surface area contributed by atoms with Crippen LogP contribution in [0.5, 0.6) is 11.5 Å². The number of sulfonamides is 1. The Morgan fingerprint density at radius 2 is 1.46 bits per heavy atom. The lowest BCUT2D eigenvalue weighted by atomic mass is 10.2. The second kappa shape index (κ2) is 11.5. The quantitative estimate of drug-likeness (QED) is 0.210. The SMILES string of the molecule is CCN(c1ccccc1)S(=O)(=O)c1ccc(C(=O)Nc2nc(-c3ccc(Oc4ccccc4)cc3)cs2)cc1. The number of anilines is 2. The van der Waals surface area contributed by atoms with Gasteiger partial charge in [0.05, 0.1) is 16.3 Å². The Kier molecular flexibility index (Phi) is 7.72. The zero-order valence-corrected chi connectivity index (χ0v) is 22.7. The Balaban J connectivity index is 1.24. The van der Waals surface area contributed by atoms with Crippen molar-refractivity contribution in [3.8, 4) is 22.8 Å². The van der Waals surface area contributed by atoms with Crippen LogP contribution in [0, 0.1) is 0 Å². The van der Waals surface area contributed by atoms with Crippen molar-refractivity contribution < 1.29 is 17.9 Å². The van der Waals surface area contributed by atoms with E-state index in [1.54, 1.807) is 31.2 Å². The zero-order chi connectivity index (χ0) is 27.2. The normalized spacial score (nSPS) is 11.1. The van der Waals surface area contributed by atoms with Crippen molar-refractivity contribution in [1.82, 2.24) is 4.98 Å². The van der Waals surface area contributed by atoms with Gasteiger partial charge in [0, 0.05) is 23.1 Å². The summed E-state index contributed by atoms with van der Waals surface area (Å²) in [4.78, 5) is 17.5. The Morgan fingerprint density at radius 3 is 2.10 bits per heavy atom. The number of nitrogens with one attached hydrogen (secondary N) is 1. The number of benzene rings is 4. The number of carbonyl (C=O) groups is 1. The van der Waals surface area contributed by atoms with Crippen molar-refractivity contribution in [2.45, 2.75) is 11.8 Å². The molecule has 5 rings (SSSR count). The van der Waals surface area contributed by atoms with Crippen LogP contribution in [0.3, 0.4) is 0 Å². The molecule has 0 fully saturated rings. The summed E-state index contributed by atoms with van der Waals surface area (Å²) in [6, 6.07) is 31.9. The molecule has 9 heteroatoms. The minimum atomic E-state index is -3.77. The van der Waals surface area contributed by atoms with Crippen LogP contribution in [-0.4, -0.2) is 25.9 Å². The summed E-state index contributed by atoms with van der Waals surface area (Å²) in [5.41, 5.74) is 2.53. The molecular weight excluding hydrogens is 530 g/mol. The van der Waals surface area contributed by atoms with Gasteiger partial charge >= 0.3 is 0 Å². The summed E-state index contributed by atoms with van der Waals surface area (Å²) in [6.07, 6.45) is 0. The molecule has 1 amide bonds. The highest BCUT2D eigenvalue weighted by Crippen LogP contribution is 2.29. The zero-order valence-electron chi connectivity index (χ0n) is 21.0. The van der Waals surface area contributed by atoms with Gasteiger partial charge in [-0.05, 0) is 79.7 Å². The first kappa shape index (κ1) is 26.1. The Labute approximate surface area is 231 Å². The number of aromatic nitrogens is 1. The molecule has 1 N–H and O–H groups in total. The van der Waals surface area contributed by atoms with E-state index in [-0.39, 0.29) is 17.3 Å². The van der Waals surface area contributed by atoms with Crippen LogP contribution in [0.2, 0.25) is 0 Å². The van der Waals surface area contributed by atoms with Gasteiger partial charge in [-0.3, -0.25) is 14.4 Å². The van der Waals surface area contributed by atoms with Crippen molar-refractivity contribution in [2.24, 2.45) is 0 Å². The van der Waals surface area contributed by atoms with Gasteiger partial charge in [-0.1, -0.05) is 36.4 Å². The molecule has 196 valence electrons. The van der Waals surface area contributed by atoms with Gasteiger partial charge in [0.15, 0.2) is 5.13 Å². The van der Waals surface area contributed by atoms with Gasteiger partial charge in [0.2, 0.25) is 0 Å². The molecule has 0 aliphatic rings. The molecule has 1 heterocycles. The van der Waals surface area contributed by atoms with E-state index in [1.807, 2.05) is 66.0 Å². The van der Waals surface area contributed by atoms with E-state index in [1.165, 1.54) is 39.9 Å². The summed E-state index contributed by atoms with van der Waals surface area (Å²) in [5, 5.41) is 5.10. The van der Waals surface area contributed by atoms with Crippen LogP contribution in [0.25, 0.3) is 11.3 Å². The van der Waals surface area contributed by atoms with Gasteiger partial charge in [-0.2, -0.15) is 0 Å². The molecule has 0 aliphatic carbocycles. The third-order valence-corrected chi connectivity index (χ3v) is 8.56. The lowest BCUT2D eigenvalue weighted by molar-refractivity contribution is 0.102. The van der Waals surface area contributed by atoms with E-state index in [2.05, 4.69) is 10.3 Å². The van der Waals surface area contributed by atoms with Crippen molar-refractivity contribution in [1.29, 1.82) is 0 Å². The molecule has 0 saturated carbocycles. The highest BCUT2D eigenvalue weighted by molar-refractivity contribution is 7.92. The van der Waals surface area contributed by atoms with E-state index >= 15 is 0 Å². The first-order valence-electron chi connectivity index (χ1n) is 12.2. The maximum absolute atomic E-state index is 13.2. The minimum Gasteiger partial charge on any atom is -0.457 e. The van der Waals surface area contributed by atoms with E-state index in [4.69, 9.17) is 4.74 Å². The number of thiazole rings is 1. The molecule has 0 atom stereocenters. The lowest BCUT2D eigenvalue weighted by Crippen LogP contribution is -2.30. The Hall–Kier alpha value is -4.47. The Morgan fingerprint density at radius 1 is 0.846 bits per heavy atom. The Bertz CT molecular complexity index is 1650. The van der Waals surface area contributed by atoms with E-state index in [0.717, 1.165) is 17.0 Å². The molecule has 0 spiro atoms.